The Hall–Kier alpha value is -2.87. The number of primary amides is 1. The molecule has 138 valence electrons. The number of aromatic nitrogens is 3. The largest absolute Gasteiger partial charge is 0.494 e. The van der Waals surface area contributed by atoms with Gasteiger partial charge in [0, 0.05) is 24.3 Å². The summed E-state index contributed by atoms with van der Waals surface area (Å²) in [5, 5.41) is 16.6. The van der Waals surface area contributed by atoms with E-state index in [1.807, 2.05) is 31.2 Å². The van der Waals surface area contributed by atoms with Gasteiger partial charge >= 0.3 is 0 Å². The highest BCUT2D eigenvalue weighted by Crippen LogP contribution is 2.40. The number of carbonyl (C=O) groups excluding carboxylic acids is 1. The van der Waals surface area contributed by atoms with Crippen molar-refractivity contribution < 1.29 is 14.6 Å². The number of fused-ring (bicyclic) bond motifs is 1. The molecular formula is C18H23N5O3. The fraction of sp³-hybridized carbons (Fsp3) is 0.389. The van der Waals surface area contributed by atoms with E-state index in [-0.39, 0.29) is 6.61 Å². The molecular weight excluding hydrogens is 334 g/mol. The molecule has 0 spiro atoms. The van der Waals surface area contributed by atoms with Crippen LogP contribution in [0, 0.1) is 5.92 Å². The lowest BCUT2D eigenvalue weighted by molar-refractivity contribution is -0.121. The van der Waals surface area contributed by atoms with Crippen LogP contribution in [0.4, 0.5) is 5.95 Å². The van der Waals surface area contributed by atoms with Crippen molar-refractivity contribution in [2.75, 3.05) is 18.5 Å². The van der Waals surface area contributed by atoms with E-state index in [1.165, 1.54) is 0 Å². The van der Waals surface area contributed by atoms with Crippen molar-refractivity contribution >= 4 is 11.9 Å². The summed E-state index contributed by atoms with van der Waals surface area (Å²) in [6, 6.07) is 6.99. The topological polar surface area (TPSA) is 115 Å². The highest BCUT2D eigenvalue weighted by atomic mass is 16.5. The number of nitrogens with two attached hydrogens (primary N) is 1. The van der Waals surface area contributed by atoms with Gasteiger partial charge in [-0.15, -0.1) is 0 Å². The Morgan fingerprint density at radius 3 is 2.92 bits per heavy atom. The van der Waals surface area contributed by atoms with Crippen molar-refractivity contribution in [3.63, 3.8) is 0 Å². The number of para-hydroxylation sites is 1. The zero-order valence-corrected chi connectivity index (χ0v) is 14.7. The van der Waals surface area contributed by atoms with E-state index in [0.29, 0.717) is 42.7 Å². The van der Waals surface area contributed by atoms with E-state index in [0.717, 1.165) is 5.56 Å². The lowest BCUT2D eigenvalue weighted by Gasteiger charge is -2.33. The van der Waals surface area contributed by atoms with Gasteiger partial charge in [0.15, 0.2) is 5.82 Å². The summed E-state index contributed by atoms with van der Waals surface area (Å²) in [5.74, 6) is 0.544. The first kappa shape index (κ1) is 17.9. The molecule has 1 aliphatic heterocycles. The molecule has 0 saturated carbocycles. The number of nitrogens with one attached hydrogen (secondary N) is 1. The summed E-state index contributed by atoms with van der Waals surface area (Å²) in [7, 11) is 0. The average Bonchev–Trinajstić information content (AvgIpc) is 3.01. The van der Waals surface area contributed by atoms with Gasteiger partial charge in [-0.25, -0.2) is 4.68 Å². The Balaban J connectivity index is 2.12. The van der Waals surface area contributed by atoms with Gasteiger partial charge in [-0.2, -0.15) is 10.1 Å². The van der Waals surface area contributed by atoms with Crippen molar-refractivity contribution in [2.24, 2.45) is 11.7 Å². The number of amides is 1. The summed E-state index contributed by atoms with van der Waals surface area (Å²) < 4.78 is 7.40. The maximum atomic E-state index is 12.2. The van der Waals surface area contributed by atoms with Gasteiger partial charge in [-0.1, -0.05) is 24.8 Å². The number of anilines is 1. The minimum atomic E-state index is -0.698. The standard InChI is InChI=1S/C18H23N5O3/c1-3-26-13-8-5-4-7-12(13)16-15(17(19)25)11(2)20-18-21-14(9-6-10-24)22-23(16)18/h4-5,7-8,15-16,24H,2-3,6,9-10H2,1H3,(H2,19,25)(H,20,21,22)/t15-,16+/m0/s1. The highest BCUT2D eigenvalue weighted by molar-refractivity contribution is 5.82. The van der Waals surface area contributed by atoms with Crippen LogP contribution in [-0.4, -0.2) is 39.0 Å². The third-order valence-electron chi connectivity index (χ3n) is 4.30. The second-order valence-electron chi connectivity index (χ2n) is 6.07. The van der Waals surface area contributed by atoms with Gasteiger partial charge in [-0.3, -0.25) is 4.79 Å². The van der Waals surface area contributed by atoms with Crippen molar-refractivity contribution in [1.82, 2.24) is 14.8 Å². The highest BCUT2D eigenvalue weighted by Gasteiger charge is 2.40. The zero-order valence-electron chi connectivity index (χ0n) is 14.7. The van der Waals surface area contributed by atoms with E-state index in [4.69, 9.17) is 15.6 Å². The van der Waals surface area contributed by atoms with Gasteiger partial charge in [0.2, 0.25) is 11.9 Å². The molecule has 0 bridgehead atoms. The molecule has 0 fully saturated rings. The van der Waals surface area contributed by atoms with Crippen molar-refractivity contribution in [3.05, 3.63) is 47.9 Å². The Bertz CT molecular complexity index is 817. The molecule has 2 aromatic rings. The lowest BCUT2D eigenvalue weighted by atomic mass is 9.88. The number of nitrogens with zero attached hydrogens (tertiary/aromatic N) is 3. The van der Waals surface area contributed by atoms with Crippen molar-refractivity contribution in [2.45, 2.75) is 25.8 Å². The Morgan fingerprint density at radius 1 is 1.46 bits per heavy atom. The minimum Gasteiger partial charge on any atom is -0.494 e. The van der Waals surface area contributed by atoms with E-state index in [2.05, 4.69) is 22.0 Å². The Labute approximate surface area is 151 Å². The van der Waals surface area contributed by atoms with Gasteiger partial charge in [-0.05, 0) is 19.4 Å². The first-order valence-corrected chi connectivity index (χ1v) is 8.60. The van der Waals surface area contributed by atoms with Crippen LogP contribution in [-0.2, 0) is 11.2 Å². The van der Waals surface area contributed by atoms with Gasteiger partial charge in [0.25, 0.3) is 0 Å². The number of hydrogen-bond donors (Lipinski definition) is 3. The summed E-state index contributed by atoms with van der Waals surface area (Å²) in [5.41, 5.74) is 6.95. The SMILES string of the molecule is C=C1Nc2nc(CCCO)nn2[C@H](c2ccccc2OCC)[C@H]1C(N)=O. The molecule has 0 saturated heterocycles. The van der Waals surface area contributed by atoms with Crippen LogP contribution in [0.5, 0.6) is 5.75 Å². The van der Waals surface area contributed by atoms with Gasteiger partial charge in [0.05, 0.1) is 6.61 Å². The molecule has 3 rings (SSSR count). The normalized spacial score (nSPS) is 18.9. The molecule has 2 heterocycles. The molecule has 8 heteroatoms. The lowest BCUT2D eigenvalue weighted by Crippen LogP contribution is -2.40. The molecule has 0 radical (unpaired) electrons. The van der Waals surface area contributed by atoms with Gasteiger partial charge in [0.1, 0.15) is 17.7 Å². The van der Waals surface area contributed by atoms with Crippen LogP contribution in [0.2, 0.25) is 0 Å². The maximum Gasteiger partial charge on any atom is 0.229 e. The molecule has 2 atom stereocenters. The third kappa shape index (κ3) is 3.28. The fourth-order valence-corrected chi connectivity index (χ4v) is 3.19. The summed E-state index contributed by atoms with van der Waals surface area (Å²) in [4.78, 5) is 16.7. The summed E-state index contributed by atoms with van der Waals surface area (Å²) in [6.07, 6.45) is 1.09. The number of hydrogen-bond acceptors (Lipinski definition) is 6. The van der Waals surface area contributed by atoms with E-state index in [1.54, 1.807) is 4.68 Å². The number of rotatable bonds is 7. The molecule has 0 aliphatic carbocycles. The number of aryl methyl sites for hydroxylation is 1. The fourth-order valence-electron chi connectivity index (χ4n) is 3.19. The molecule has 1 amide bonds. The van der Waals surface area contributed by atoms with Gasteiger partial charge < -0.3 is 20.9 Å². The van der Waals surface area contributed by atoms with Crippen LogP contribution in [0.1, 0.15) is 30.8 Å². The number of carbonyl (C=O) groups is 1. The smallest absolute Gasteiger partial charge is 0.229 e. The molecule has 1 aromatic heterocycles. The predicted molar refractivity (Wildman–Crippen MR) is 96.6 cm³/mol. The number of benzene rings is 1. The molecule has 1 aliphatic rings. The second-order valence-corrected chi connectivity index (χ2v) is 6.07. The Morgan fingerprint density at radius 2 is 2.23 bits per heavy atom. The average molecular weight is 357 g/mol. The van der Waals surface area contributed by atoms with Crippen LogP contribution >= 0.6 is 0 Å². The first-order chi connectivity index (χ1) is 12.6. The minimum absolute atomic E-state index is 0.0600. The van der Waals surface area contributed by atoms with E-state index < -0.39 is 17.9 Å². The van der Waals surface area contributed by atoms with E-state index >= 15 is 0 Å². The zero-order chi connectivity index (χ0) is 18.7. The molecule has 8 nitrogen and oxygen atoms in total. The van der Waals surface area contributed by atoms with E-state index in [9.17, 15) is 4.79 Å². The molecule has 4 N–H and O–H groups in total. The molecule has 0 unspecified atom stereocenters. The quantitative estimate of drug-likeness (QED) is 0.686. The first-order valence-electron chi connectivity index (χ1n) is 8.60. The monoisotopic (exact) mass is 357 g/mol. The van der Waals surface area contributed by atoms with Crippen molar-refractivity contribution in [3.8, 4) is 5.75 Å². The number of aliphatic hydroxyl groups excluding tert-OH is 1. The number of ether oxygens (including phenoxy) is 1. The Kier molecular flexibility index (Phi) is 5.22. The maximum absolute atomic E-state index is 12.2. The number of aliphatic hydroxyl groups is 1. The summed E-state index contributed by atoms with van der Waals surface area (Å²) in [6.45, 7) is 6.42. The third-order valence-corrected chi connectivity index (χ3v) is 4.30. The van der Waals surface area contributed by atoms with Crippen LogP contribution in [0.15, 0.2) is 36.5 Å². The second kappa shape index (κ2) is 7.57. The van der Waals surface area contributed by atoms with Crippen LogP contribution < -0.4 is 15.8 Å². The summed E-state index contributed by atoms with van der Waals surface area (Å²) >= 11 is 0. The van der Waals surface area contributed by atoms with Crippen LogP contribution in [0.3, 0.4) is 0 Å². The predicted octanol–water partition coefficient (Wildman–Crippen LogP) is 1.23. The van der Waals surface area contributed by atoms with Crippen molar-refractivity contribution in [1.29, 1.82) is 0 Å². The van der Waals surface area contributed by atoms with Crippen LogP contribution in [0.25, 0.3) is 0 Å². The molecule has 26 heavy (non-hydrogen) atoms. The molecule has 1 aromatic carbocycles.